The van der Waals surface area contributed by atoms with Gasteiger partial charge in [-0.3, -0.25) is 14.4 Å². The molecule has 0 aromatic carbocycles. The van der Waals surface area contributed by atoms with Gasteiger partial charge in [-0.05, 0) is 96.3 Å². The molecule has 0 aromatic heterocycles. The summed E-state index contributed by atoms with van der Waals surface area (Å²) in [7, 11) is 0. The highest BCUT2D eigenvalue weighted by Crippen LogP contribution is 2.16. The number of rotatable bonds is 53. The highest BCUT2D eigenvalue weighted by atomic mass is 16.6. The first kappa shape index (κ1) is 67.3. The third-order valence-electron chi connectivity index (χ3n) is 12.6. The van der Waals surface area contributed by atoms with Crippen LogP contribution in [0.25, 0.3) is 0 Å². The van der Waals surface area contributed by atoms with E-state index in [4.69, 9.17) is 14.2 Å². The molecule has 0 aromatic rings. The lowest BCUT2D eigenvalue weighted by Gasteiger charge is -2.18. The summed E-state index contributed by atoms with van der Waals surface area (Å²) < 4.78 is 16.9. The van der Waals surface area contributed by atoms with Gasteiger partial charge in [-0.2, -0.15) is 0 Å². The van der Waals surface area contributed by atoms with Gasteiger partial charge in [0, 0.05) is 19.3 Å². The van der Waals surface area contributed by atoms with Crippen LogP contribution in [0.15, 0.2) is 97.2 Å². The van der Waals surface area contributed by atoms with Gasteiger partial charge in [0.2, 0.25) is 0 Å². The average molecular weight is 988 g/mol. The number of ether oxygens (including phenoxy) is 3. The van der Waals surface area contributed by atoms with Crippen molar-refractivity contribution in [1.82, 2.24) is 0 Å². The summed E-state index contributed by atoms with van der Waals surface area (Å²) >= 11 is 0. The molecule has 0 bridgehead atoms. The fourth-order valence-electron chi connectivity index (χ4n) is 8.19. The second kappa shape index (κ2) is 58.9. The van der Waals surface area contributed by atoms with Crippen molar-refractivity contribution in [2.75, 3.05) is 13.2 Å². The molecular weight excluding hydrogens is 877 g/mol. The van der Waals surface area contributed by atoms with Gasteiger partial charge in [0.15, 0.2) is 6.10 Å². The summed E-state index contributed by atoms with van der Waals surface area (Å²) in [5.41, 5.74) is 0. The average Bonchev–Trinajstić information content (AvgIpc) is 3.37. The van der Waals surface area contributed by atoms with Crippen molar-refractivity contribution in [3.05, 3.63) is 97.2 Å². The van der Waals surface area contributed by atoms with Crippen LogP contribution in [-0.4, -0.2) is 37.2 Å². The molecule has 406 valence electrons. The second-order valence-electron chi connectivity index (χ2n) is 19.5. The summed E-state index contributed by atoms with van der Waals surface area (Å²) in [6, 6.07) is 0. The van der Waals surface area contributed by atoms with Crippen LogP contribution in [0.3, 0.4) is 0 Å². The number of unbranched alkanes of at least 4 members (excludes halogenated alkanes) is 26. The van der Waals surface area contributed by atoms with E-state index >= 15 is 0 Å². The number of hydrogen-bond donors (Lipinski definition) is 0. The number of esters is 3. The smallest absolute Gasteiger partial charge is 0.306 e. The zero-order chi connectivity index (χ0) is 51.4. The van der Waals surface area contributed by atoms with Crippen molar-refractivity contribution in [3.8, 4) is 0 Å². The third-order valence-corrected chi connectivity index (χ3v) is 12.6. The lowest BCUT2D eigenvalue weighted by molar-refractivity contribution is -0.167. The van der Waals surface area contributed by atoms with E-state index in [9.17, 15) is 14.4 Å². The molecule has 0 heterocycles. The minimum Gasteiger partial charge on any atom is -0.462 e. The molecule has 1 unspecified atom stereocenters. The van der Waals surface area contributed by atoms with E-state index in [1.165, 1.54) is 116 Å². The van der Waals surface area contributed by atoms with Crippen LogP contribution in [0.4, 0.5) is 0 Å². The number of carbonyl (C=O) groups is 3. The Morgan fingerprint density at radius 1 is 0.296 bits per heavy atom. The molecule has 0 N–H and O–H groups in total. The number of carbonyl (C=O) groups excluding carboxylic acids is 3. The molecule has 1 atom stereocenters. The van der Waals surface area contributed by atoms with E-state index < -0.39 is 6.10 Å². The van der Waals surface area contributed by atoms with Crippen molar-refractivity contribution < 1.29 is 28.6 Å². The summed E-state index contributed by atoms with van der Waals surface area (Å²) in [5.74, 6) is -0.927. The van der Waals surface area contributed by atoms with Gasteiger partial charge in [0.05, 0.1) is 0 Å². The fraction of sp³-hybridized carbons (Fsp3) is 0.708. The van der Waals surface area contributed by atoms with Crippen molar-refractivity contribution in [2.24, 2.45) is 0 Å². The minimum atomic E-state index is -0.797. The summed E-state index contributed by atoms with van der Waals surface area (Å²) in [4.78, 5) is 38.2. The van der Waals surface area contributed by atoms with Crippen molar-refractivity contribution in [2.45, 2.75) is 284 Å². The van der Waals surface area contributed by atoms with Gasteiger partial charge < -0.3 is 14.2 Å². The lowest BCUT2D eigenvalue weighted by Crippen LogP contribution is -2.30. The predicted molar refractivity (Wildman–Crippen MR) is 307 cm³/mol. The molecule has 0 fully saturated rings. The van der Waals surface area contributed by atoms with Gasteiger partial charge in [0.1, 0.15) is 13.2 Å². The second-order valence-corrected chi connectivity index (χ2v) is 19.5. The van der Waals surface area contributed by atoms with Crippen LogP contribution in [-0.2, 0) is 28.6 Å². The molecule has 6 heteroatoms. The minimum absolute atomic E-state index is 0.0907. The first-order chi connectivity index (χ1) is 35.0. The highest BCUT2D eigenvalue weighted by Gasteiger charge is 2.19. The van der Waals surface area contributed by atoms with Gasteiger partial charge in [0.25, 0.3) is 0 Å². The van der Waals surface area contributed by atoms with Crippen molar-refractivity contribution in [3.63, 3.8) is 0 Å². The Morgan fingerprint density at radius 2 is 0.549 bits per heavy atom. The van der Waals surface area contributed by atoms with E-state index in [-0.39, 0.29) is 31.1 Å². The molecule has 6 nitrogen and oxygen atoms in total. The Morgan fingerprint density at radius 3 is 0.873 bits per heavy atom. The van der Waals surface area contributed by atoms with Crippen LogP contribution in [0.1, 0.15) is 278 Å². The van der Waals surface area contributed by atoms with Crippen LogP contribution in [0, 0.1) is 0 Å². The molecule has 71 heavy (non-hydrogen) atoms. The number of hydrogen-bond acceptors (Lipinski definition) is 6. The Labute approximate surface area is 438 Å². The van der Waals surface area contributed by atoms with Crippen LogP contribution in [0.2, 0.25) is 0 Å². The van der Waals surface area contributed by atoms with E-state index in [0.717, 1.165) is 122 Å². The van der Waals surface area contributed by atoms with Gasteiger partial charge in [-0.25, -0.2) is 0 Å². The normalized spacial score (nSPS) is 12.8. The van der Waals surface area contributed by atoms with Gasteiger partial charge >= 0.3 is 17.9 Å². The highest BCUT2D eigenvalue weighted by molar-refractivity contribution is 5.71. The van der Waals surface area contributed by atoms with E-state index in [0.29, 0.717) is 19.3 Å². The standard InChI is InChI=1S/C65H110O6/c1-4-7-10-13-16-19-22-25-28-31-32-35-37-40-43-46-49-52-55-58-64(67)70-61-62(71-65(68)59-56-53-50-47-44-41-38-34-30-27-24-21-18-15-12-9-6-3)60-69-63(66)57-54-51-48-45-42-39-36-33-29-26-23-20-17-14-11-8-5-2/h7,9-10,12,16,18-19,21,25,27-28,30,32,35,40,43,62H,4-6,8,11,13-15,17,20,22-24,26,29,31,33-34,36-39,41-42,44-61H2,1-3H3/b10-7-,12-9-,19-16-,21-18-,28-25-,30-27-,35-32-,43-40-. The molecule has 0 aliphatic carbocycles. The molecule has 0 radical (unpaired) electrons. The number of allylic oxidation sites excluding steroid dienone is 16. The summed E-state index contributed by atoms with van der Waals surface area (Å²) in [5, 5.41) is 0. The molecule has 0 saturated carbocycles. The molecule has 0 rings (SSSR count). The quantitative estimate of drug-likeness (QED) is 0.0261. The predicted octanol–water partition coefficient (Wildman–Crippen LogP) is 20.1. The Kier molecular flexibility index (Phi) is 55.9. The Bertz CT molecular complexity index is 1410. The lowest BCUT2D eigenvalue weighted by atomic mass is 10.0. The monoisotopic (exact) mass is 987 g/mol. The first-order valence-corrected chi connectivity index (χ1v) is 29.7. The van der Waals surface area contributed by atoms with Gasteiger partial charge in [-0.1, -0.05) is 259 Å². The van der Waals surface area contributed by atoms with E-state index in [2.05, 4.69) is 118 Å². The van der Waals surface area contributed by atoms with E-state index in [1.807, 2.05) is 0 Å². The molecular formula is C65H110O6. The first-order valence-electron chi connectivity index (χ1n) is 29.7. The van der Waals surface area contributed by atoms with Crippen molar-refractivity contribution >= 4 is 17.9 Å². The topological polar surface area (TPSA) is 78.9 Å². The Hall–Kier alpha value is -3.67. The van der Waals surface area contributed by atoms with Crippen LogP contribution < -0.4 is 0 Å². The fourth-order valence-corrected chi connectivity index (χ4v) is 8.19. The molecule has 0 aliphatic heterocycles. The molecule has 0 saturated heterocycles. The van der Waals surface area contributed by atoms with Gasteiger partial charge in [-0.15, -0.1) is 0 Å². The zero-order valence-corrected chi connectivity index (χ0v) is 46.5. The summed E-state index contributed by atoms with van der Waals surface area (Å²) in [6.07, 6.45) is 78.3. The van der Waals surface area contributed by atoms with Crippen LogP contribution >= 0.6 is 0 Å². The SMILES string of the molecule is CC/C=C\C/C=C\C/C=C\C/C=C\C/C=C\CCCCCC(=O)OCC(COC(=O)CCCCCCCCCCCCCCCCCCC)OC(=O)CCCCCCCCC/C=C\C/C=C\C/C=C\CC. The maximum absolute atomic E-state index is 12.9. The maximum Gasteiger partial charge on any atom is 0.306 e. The molecule has 0 spiro atoms. The van der Waals surface area contributed by atoms with Crippen LogP contribution in [0.5, 0.6) is 0 Å². The maximum atomic E-state index is 12.9. The largest absolute Gasteiger partial charge is 0.462 e. The molecule has 0 amide bonds. The molecule has 0 aliphatic rings. The third kappa shape index (κ3) is 57.1. The van der Waals surface area contributed by atoms with E-state index in [1.54, 1.807) is 0 Å². The van der Waals surface area contributed by atoms with Crippen molar-refractivity contribution in [1.29, 1.82) is 0 Å². The zero-order valence-electron chi connectivity index (χ0n) is 46.5. The Balaban J connectivity index is 4.45. The summed E-state index contributed by atoms with van der Waals surface area (Å²) in [6.45, 7) is 6.40.